The summed E-state index contributed by atoms with van der Waals surface area (Å²) in [5.74, 6) is -0.121. The van der Waals surface area contributed by atoms with E-state index in [1.807, 2.05) is 0 Å². The molecule has 0 saturated carbocycles. The number of aliphatic imine (C=N–C) groups is 1. The van der Waals surface area contributed by atoms with Gasteiger partial charge in [-0.2, -0.15) is 5.26 Å². The number of fused-ring (bicyclic) bond motifs is 1. The van der Waals surface area contributed by atoms with Crippen molar-refractivity contribution in [1.82, 2.24) is 0 Å². The molecule has 122 valence electrons. The first kappa shape index (κ1) is 16.6. The highest BCUT2D eigenvalue weighted by molar-refractivity contribution is 9.10. The van der Waals surface area contributed by atoms with Crippen molar-refractivity contribution in [3.63, 3.8) is 0 Å². The van der Waals surface area contributed by atoms with Gasteiger partial charge in [-0.3, -0.25) is 10.1 Å². The van der Waals surface area contributed by atoms with Crippen LogP contribution in [0.4, 0.5) is 10.7 Å². The Balaban J connectivity index is 2.02. The van der Waals surface area contributed by atoms with Crippen LogP contribution in [0.3, 0.4) is 0 Å². The van der Waals surface area contributed by atoms with Crippen LogP contribution < -0.4 is 0 Å². The van der Waals surface area contributed by atoms with Crippen LogP contribution in [-0.2, 0) is 12.8 Å². The number of hydrogen-bond donors (Lipinski definition) is 1. The molecule has 0 atom stereocenters. The first-order valence-corrected chi connectivity index (χ1v) is 8.87. The highest BCUT2D eigenvalue weighted by Crippen LogP contribution is 2.39. The minimum Gasteiger partial charge on any atom is -0.506 e. The Kier molecular flexibility index (Phi) is 4.64. The SMILES string of the molecule is N#Cc1c(/N=C/c2cc([N+](=O)[O-])cc(Br)c2O)sc2c1CCCC2. The molecule has 0 amide bonds. The van der Waals surface area contributed by atoms with E-state index < -0.39 is 4.92 Å². The Labute approximate surface area is 150 Å². The zero-order valence-electron chi connectivity index (χ0n) is 12.5. The van der Waals surface area contributed by atoms with Crippen LogP contribution >= 0.6 is 27.3 Å². The van der Waals surface area contributed by atoms with Gasteiger partial charge in [0.15, 0.2) is 0 Å². The van der Waals surface area contributed by atoms with Crippen LogP contribution in [0.2, 0.25) is 0 Å². The molecule has 24 heavy (non-hydrogen) atoms. The summed E-state index contributed by atoms with van der Waals surface area (Å²) in [6.45, 7) is 0. The zero-order valence-corrected chi connectivity index (χ0v) is 14.9. The van der Waals surface area contributed by atoms with Crippen molar-refractivity contribution in [3.05, 3.63) is 48.3 Å². The molecule has 1 heterocycles. The number of aryl methyl sites for hydroxylation is 1. The largest absolute Gasteiger partial charge is 0.506 e. The van der Waals surface area contributed by atoms with E-state index in [1.54, 1.807) is 0 Å². The Morgan fingerprint density at radius 3 is 2.88 bits per heavy atom. The number of nitrogens with zero attached hydrogens (tertiary/aromatic N) is 3. The molecular weight excluding hydrogens is 394 g/mol. The molecule has 0 fully saturated rings. The number of rotatable bonds is 3. The predicted molar refractivity (Wildman–Crippen MR) is 95.4 cm³/mol. The molecule has 2 aromatic rings. The van der Waals surface area contributed by atoms with Gasteiger partial charge in [-0.25, -0.2) is 4.99 Å². The highest BCUT2D eigenvalue weighted by Gasteiger charge is 2.20. The van der Waals surface area contributed by atoms with Gasteiger partial charge in [0.1, 0.15) is 16.8 Å². The quantitative estimate of drug-likeness (QED) is 0.457. The lowest BCUT2D eigenvalue weighted by molar-refractivity contribution is -0.385. The summed E-state index contributed by atoms with van der Waals surface area (Å²) in [5, 5.41) is 31.0. The van der Waals surface area contributed by atoms with E-state index in [-0.39, 0.29) is 21.5 Å². The number of benzene rings is 1. The number of phenols is 1. The average molecular weight is 406 g/mol. The summed E-state index contributed by atoms with van der Waals surface area (Å²) in [7, 11) is 0. The van der Waals surface area contributed by atoms with Crippen molar-refractivity contribution in [2.24, 2.45) is 4.99 Å². The van der Waals surface area contributed by atoms with Gasteiger partial charge >= 0.3 is 0 Å². The van der Waals surface area contributed by atoms with E-state index in [9.17, 15) is 20.5 Å². The molecule has 3 rings (SSSR count). The third-order valence-electron chi connectivity index (χ3n) is 3.87. The monoisotopic (exact) mass is 405 g/mol. The molecule has 0 aliphatic heterocycles. The summed E-state index contributed by atoms with van der Waals surface area (Å²) in [5.41, 5.74) is 1.73. The third kappa shape index (κ3) is 3.05. The van der Waals surface area contributed by atoms with Crippen LogP contribution in [0, 0.1) is 21.4 Å². The standard InChI is InChI=1S/C16H12BrN3O3S/c17-13-6-10(20(22)23)5-9(15(13)21)8-19-16-12(7-18)11-3-1-2-4-14(11)24-16/h5-6,8,21H,1-4H2/b19-8+. The van der Waals surface area contributed by atoms with Gasteiger partial charge in [0.2, 0.25) is 0 Å². The number of halogens is 1. The van der Waals surface area contributed by atoms with E-state index in [2.05, 4.69) is 27.0 Å². The lowest BCUT2D eigenvalue weighted by Crippen LogP contribution is -1.99. The molecule has 0 spiro atoms. The van der Waals surface area contributed by atoms with E-state index in [1.165, 1.54) is 34.6 Å². The van der Waals surface area contributed by atoms with E-state index in [0.29, 0.717) is 10.6 Å². The van der Waals surface area contributed by atoms with Gasteiger partial charge in [0.25, 0.3) is 5.69 Å². The Hall–Kier alpha value is -2.24. The van der Waals surface area contributed by atoms with Crippen molar-refractivity contribution in [2.45, 2.75) is 25.7 Å². The Morgan fingerprint density at radius 1 is 1.42 bits per heavy atom. The number of hydrogen-bond acceptors (Lipinski definition) is 6. The number of aromatic hydroxyl groups is 1. The summed E-state index contributed by atoms with van der Waals surface area (Å²) in [6, 6.07) is 4.70. The maximum absolute atomic E-state index is 10.9. The van der Waals surface area contributed by atoms with Gasteiger partial charge in [-0.15, -0.1) is 11.3 Å². The summed E-state index contributed by atoms with van der Waals surface area (Å²) < 4.78 is 0.226. The van der Waals surface area contributed by atoms with Gasteiger partial charge in [-0.05, 0) is 47.2 Å². The second-order valence-electron chi connectivity index (χ2n) is 5.38. The molecule has 6 nitrogen and oxygen atoms in total. The fourth-order valence-corrected chi connectivity index (χ4v) is 4.34. The van der Waals surface area contributed by atoms with Crippen LogP contribution in [0.5, 0.6) is 5.75 Å². The number of nitriles is 1. The van der Waals surface area contributed by atoms with Crippen molar-refractivity contribution in [2.75, 3.05) is 0 Å². The van der Waals surface area contributed by atoms with Gasteiger partial charge in [0, 0.05) is 28.8 Å². The molecule has 1 aromatic carbocycles. The molecule has 1 aliphatic carbocycles. The van der Waals surface area contributed by atoms with Crippen LogP contribution in [0.15, 0.2) is 21.6 Å². The molecule has 1 aromatic heterocycles. The topological polar surface area (TPSA) is 99.5 Å². The third-order valence-corrected chi connectivity index (χ3v) is 5.68. The van der Waals surface area contributed by atoms with Gasteiger partial charge in [0.05, 0.1) is 15.0 Å². The normalized spacial score (nSPS) is 13.7. The molecule has 0 saturated heterocycles. The summed E-state index contributed by atoms with van der Waals surface area (Å²) in [6.07, 6.45) is 5.39. The maximum atomic E-state index is 10.9. The molecular formula is C16H12BrN3O3S. The van der Waals surface area contributed by atoms with Crippen molar-refractivity contribution >= 4 is 44.2 Å². The van der Waals surface area contributed by atoms with E-state index in [4.69, 9.17) is 0 Å². The van der Waals surface area contributed by atoms with E-state index >= 15 is 0 Å². The van der Waals surface area contributed by atoms with Crippen LogP contribution in [-0.4, -0.2) is 16.2 Å². The minimum atomic E-state index is -0.536. The predicted octanol–water partition coefficient (Wildman–Crippen LogP) is 4.63. The van der Waals surface area contributed by atoms with Gasteiger partial charge in [-0.1, -0.05) is 0 Å². The number of thiophene rings is 1. The van der Waals surface area contributed by atoms with Crippen molar-refractivity contribution in [3.8, 4) is 11.8 Å². The number of non-ortho nitro benzene ring substituents is 1. The highest BCUT2D eigenvalue weighted by atomic mass is 79.9. The molecule has 0 unspecified atom stereocenters. The molecule has 0 bridgehead atoms. The minimum absolute atomic E-state index is 0.121. The zero-order chi connectivity index (χ0) is 17.3. The van der Waals surface area contributed by atoms with Crippen molar-refractivity contribution in [1.29, 1.82) is 5.26 Å². The lowest BCUT2D eigenvalue weighted by atomic mass is 9.96. The van der Waals surface area contributed by atoms with Crippen LogP contribution in [0.25, 0.3) is 0 Å². The fraction of sp³-hybridized carbons (Fsp3) is 0.250. The Morgan fingerprint density at radius 2 is 2.17 bits per heavy atom. The lowest BCUT2D eigenvalue weighted by Gasteiger charge is -2.09. The maximum Gasteiger partial charge on any atom is 0.271 e. The number of nitro benzene ring substituents is 1. The number of phenolic OH excluding ortho intramolecular Hbond substituents is 1. The molecule has 1 aliphatic rings. The van der Waals surface area contributed by atoms with E-state index in [0.717, 1.165) is 31.2 Å². The number of nitro groups is 1. The second-order valence-corrected chi connectivity index (χ2v) is 7.32. The molecule has 8 heteroatoms. The molecule has 0 radical (unpaired) electrons. The second kappa shape index (κ2) is 6.71. The molecule has 1 N–H and O–H groups in total. The van der Waals surface area contributed by atoms with Crippen LogP contribution in [0.1, 0.15) is 34.4 Å². The summed E-state index contributed by atoms with van der Waals surface area (Å²) in [4.78, 5) is 15.9. The smallest absolute Gasteiger partial charge is 0.271 e. The van der Waals surface area contributed by atoms with Crippen molar-refractivity contribution < 1.29 is 10.0 Å². The average Bonchev–Trinajstić information content (AvgIpc) is 2.93. The fourth-order valence-electron chi connectivity index (χ4n) is 2.70. The van der Waals surface area contributed by atoms with Gasteiger partial charge < -0.3 is 5.11 Å². The first-order chi connectivity index (χ1) is 11.5. The summed E-state index contributed by atoms with van der Waals surface area (Å²) >= 11 is 4.58. The first-order valence-electron chi connectivity index (χ1n) is 7.27. The Bertz CT molecular complexity index is 899.